The summed E-state index contributed by atoms with van der Waals surface area (Å²) in [6.45, 7) is 13.4. The van der Waals surface area contributed by atoms with E-state index in [9.17, 15) is 24.6 Å². The van der Waals surface area contributed by atoms with Crippen molar-refractivity contribution >= 4 is 35.1 Å². The quantitative estimate of drug-likeness (QED) is 0.235. The smallest absolute Gasteiger partial charge is 0.306 e. The Kier molecular flexibility index (Phi) is 15.0. The third-order valence-electron chi connectivity index (χ3n) is 9.02. The average molecular weight is 622 g/mol. The highest BCUT2D eigenvalue weighted by atomic mass is 32.1. The van der Waals surface area contributed by atoms with Crippen molar-refractivity contribution in [1.82, 2.24) is 10.3 Å². The molecule has 244 valence electrons. The van der Waals surface area contributed by atoms with Crippen LogP contribution in [0, 0.1) is 30.1 Å². The van der Waals surface area contributed by atoms with E-state index in [1.54, 1.807) is 32.1 Å². The Balaban J connectivity index is 2.32. The summed E-state index contributed by atoms with van der Waals surface area (Å²) < 4.78 is 5.95. The molecule has 2 heterocycles. The molecule has 0 aromatic carbocycles. The standard InChI is InChI=1S/C33H55N3O6S/c1-20-12-11-13-21(2)31(42-30(40)14-9-8-10-15-34)23(4)32(41)33(6,7)28(38)18-29(39)36-26(17-27(20)37)22(3)16-25-19-43-24(5)35-25/h16,19-21,23,26-28,31,37-38H,8-15,17-18,34H2,1-7H3,(H,36,39)/b22-16+/t20-,21-,23+,26-,27-,28-,31-/m0/s1. The van der Waals surface area contributed by atoms with Gasteiger partial charge in [-0.15, -0.1) is 11.3 Å². The van der Waals surface area contributed by atoms with E-state index in [1.165, 1.54) is 0 Å². The van der Waals surface area contributed by atoms with Gasteiger partial charge in [0.2, 0.25) is 5.91 Å². The lowest BCUT2D eigenvalue weighted by atomic mass is 9.72. The number of aliphatic hydroxyl groups is 2. The van der Waals surface area contributed by atoms with E-state index >= 15 is 0 Å². The fourth-order valence-corrected chi connectivity index (χ4v) is 6.40. The van der Waals surface area contributed by atoms with Crippen molar-refractivity contribution < 1.29 is 29.3 Å². The zero-order chi connectivity index (χ0) is 32.3. The number of aliphatic hydroxyl groups excluding tert-OH is 2. The first-order valence-corrected chi connectivity index (χ1v) is 16.7. The van der Waals surface area contributed by atoms with Crippen LogP contribution in [0.15, 0.2) is 11.0 Å². The number of carbonyl (C=O) groups excluding carboxylic acids is 3. The number of hydrogen-bond acceptors (Lipinski definition) is 9. The first-order chi connectivity index (χ1) is 20.2. The summed E-state index contributed by atoms with van der Waals surface area (Å²) in [7, 11) is 0. The molecule has 2 rings (SSSR count). The van der Waals surface area contributed by atoms with Crippen LogP contribution in [0.4, 0.5) is 0 Å². The average Bonchev–Trinajstić information content (AvgIpc) is 3.35. The van der Waals surface area contributed by atoms with Crippen LogP contribution in [0.1, 0.15) is 110 Å². The van der Waals surface area contributed by atoms with Gasteiger partial charge in [-0.2, -0.15) is 0 Å². The molecule has 0 bridgehead atoms. The topological polar surface area (TPSA) is 152 Å². The maximum absolute atomic E-state index is 13.8. The Labute approximate surface area is 262 Å². The number of nitrogens with one attached hydrogen (secondary N) is 1. The normalized spacial score (nSPS) is 30.1. The first-order valence-electron chi connectivity index (χ1n) is 15.9. The molecule has 43 heavy (non-hydrogen) atoms. The number of nitrogens with zero attached hydrogens (tertiary/aromatic N) is 1. The minimum atomic E-state index is -1.26. The summed E-state index contributed by atoms with van der Waals surface area (Å²) >= 11 is 1.54. The number of carbonyl (C=O) groups is 3. The summed E-state index contributed by atoms with van der Waals surface area (Å²) in [5, 5.41) is 28.2. The molecular weight excluding hydrogens is 566 g/mol. The molecule has 10 heteroatoms. The van der Waals surface area contributed by atoms with Crippen LogP contribution in [-0.2, 0) is 19.1 Å². The van der Waals surface area contributed by atoms with Crippen LogP contribution in [0.2, 0.25) is 0 Å². The van der Waals surface area contributed by atoms with Crippen molar-refractivity contribution in [2.24, 2.45) is 28.9 Å². The number of Topliss-reactive ketones (excluding diaryl/α,β-unsaturated/α-hetero) is 1. The highest BCUT2D eigenvalue weighted by Crippen LogP contribution is 2.34. The summed E-state index contributed by atoms with van der Waals surface area (Å²) in [6.07, 6.45) is 4.21. The third-order valence-corrected chi connectivity index (χ3v) is 9.81. The van der Waals surface area contributed by atoms with Crippen LogP contribution in [0.5, 0.6) is 0 Å². The monoisotopic (exact) mass is 621 g/mol. The van der Waals surface area contributed by atoms with Gasteiger partial charge in [0.25, 0.3) is 0 Å². The van der Waals surface area contributed by atoms with E-state index < -0.39 is 41.6 Å². The number of aryl methyl sites for hydroxylation is 1. The van der Waals surface area contributed by atoms with Crippen molar-refractivity contribution in [3.8, 4) is 0 Å². The highest BCUT2D eigenvalue weighted by Gasteiger charge is 2.43. The lowest BCUT2D eigenvalue weighted by Gasteiger charge is -2.36. The molecule has 1 amide bonds. The van der Waals surface area contributed by atoms with Gasteiger partial charge in [-0.1, -0.05) is 47.5 Å². The molecule has 1 saturated heterocycles. The van der Waals surface area contributed by atoms with Gasteiger partial charge in [-0.3, -0.25) is 14.4 Å². The Bertz CT molecular complexity index is 1090. The molecule has 1 aromatic rings. The Morgan fingerprint density at radius 3 is 2.47 bits per heavy atom. The maximum Gasteiger partial charge on any atom is 0.306 e. The fraction of sp³-hybridized carbons (Fsp3) is 0.758. The molecule has 1 fully saturated rings. The van der Waals surface area contributed by atoms with Gasteiger partial charge in [-0.25, -0.2) is 4.98 Å². The van der Waals surface area contributed by atoms with Crippen molar-refractivity contribution in [2.75, 3.05) is 6.54 Å². The molecular formula is C33H55N3O6S. The van der Waals surface area contributed by atoms with Gasteiger partial charge in [0.15, 0.2) is 0 Å². The summed E-state index contributed by atoms with van der Waals surface area (Å²) in [5.41, 5.74) is 5.95. The van der Waals surface area contributed by atoms with Gasteiger partial charge in [-0.05, 0) is 76.0 Å². The molecule has 5 N–H and O–H groups in total. The number of esters is 1. The lowest BCUT2D eigenvalue weighted by molar-refractivity contribution is -0.160. The Morgan fingerprint density at radius 2 is 1.84 bits per heavy atom. The van der Waals surface area contributed by atoms with Crippen LogP contribution >= 0.6 is 11.3 Å². The second-order valence-electron chi connectivity index (χ2n) is 13.1. The number of hydrogen-bond donors (Lipinski definition) is 4. The number of ether oxygens (including phenoxy) is 1. The second kappa shape index (κ2) is 17.4. The van der Waals surface area contributed by atoms with E-state index in [0.29, 0.717) is 25.8 Å². The minimum Gasteiger partial charge on any atom is -0.461 e. The number of rotatable bonds is 8. The number of ketones is 1. The van der Waals surface area contributed by atoms with Crippen molar-refractivity contribution in [3.63, 3.8) is 0 Å². The highest BCUT2D eigenvalue weighted by molar-refractivity contribution is 7.09. The van der Waals surface area contributed by atoms with Crippen LogP contribution in [0.25, 0.3) is 6.08 Å². The summed E-state index contributed by atoms with van der Waals surface area (Å²) in [6, 6.07) is -0.461. The van der Waals surface area contributed by atoms with Gasteiger partial charge in [0.1, 0.15) is 11.9 Å². The molecule has 1 aliphatic rings. The van der Waals surface area contributed by atoms with Crippen molar-refractivity contribution in [1.29, 1.82) is 0 Å². The van der Waals surface area contributed by atoms with E-state index in [4.69, 9.17) is 10.5 Å². The number of nitrogens with two attached hydrogens (primary N) is 1. The molecule has 1 aliphatic heterocycles. The van der Waals surface area contributed by atoms with E-state index in [1.807, 2.05) is 39.2 Å². The molecule has 0 unspecified atom stereocenters. The molecule has 0 radical (unpaired) electrons. The van der Waals surface area contributed by atoms with Gasteiger partial charge >= 0.3 is 5.97 Å². The molecule has 9 nitrogen and oxygen atoms in total. The van der Waals surface area contributed by atoms with Crippen LogP contribution < -0.4 is 11.1 Å². The van der Waals surface area contributed by atoms with Gasteiger partial charge in [0, 0.05) is 11.8 Å². The van der Waals surface area contributed by atoms with Crippen molar-refractivity contribution in [3.05, 3.63) is 21.7 Å². The molecule has 0 spiro atoms. The van der Waals surface area contributed by atoms with Crippen LogP contribution in [-0.4, -0.2) is 63.8 Å². The molecule has 1 aromatic heterocycles. The van der Waals surface area contributed by atoms with E-state index in [2.05, 4.69) is 10.3 Å². The van der Waals surface area contributed by atoms with E-state index in [-0.39, 0.29) is 36.4 Å². The molecule has 7 atom stereocenters. The SMILES string of the molecule is C/C(=C\c1csc(C)n1)[C@@H]1C[C@H](O)[C@@H](C)CCC[C@H](C)[C@H](OC(=O)CCCCCN)[C@@H](C)C(=O)C(C)(C)[C@@H](O)CC(=O)N1. The molecule has 0 saturated carbocycles. The lowest BCUT2D eigenvalue weighted by Crippen LogP contribution is -2.48. The minimum absolute atomic E-state index is 0.0408. The maximum atomic E-state index is 13.8. The largest absolute Gasteiger partial charge is 0.461 e. The number of unbranched alkanes of at least 4 members (excludes halogenated alkanes) is 2. The summed E-state index contributed by atoms with van der Waals surface area (Å²) in [5.74, 6) is -1.82. The van der Waals surface area contributed by atoms with Gasteiger partial charge in [0.05, 0.1) is 46.7 Å². The predicted molar refractivity (Wildman–Crippen MR) is 171 cm³/mol. The van der Waals surface area contributed by atoms with Crippen LogP contribution in [0.3, 0.4) is 0 Å². The predicted octanol–water partition coefficient (Wildman–Crippen LogP) is 4.96. The number of amides is 1. The zero-order valence-electron chi connectivity index (χ0n) is 27.2. The summed E-state index contributed by atoms with van der Waals surface area (Å²) in [4.78, 5) is 44.4. The number of aromatic nitrogens is 1. The third kappa shape index (κ3) is 11.4. The van der Waals surface area contributed by atoms with E-state index in [0.717, 1.165) is 42.0 Å². The van der Waals surface area contributed by atoms with Crippen molar-refractivity contribution in [2.45, 2.75) is 131 Å². The second-order valence-corrected chi connectivity index (χ2v) is 14.2. The Hall–Kier alpha value is -2.14. The van der Waals surface area contributed by atoms with Gasteiger partial charge < -0.3 is 26.0 Å². The Morgan fingerprint density at radius 1 is 1.16 bits per heavy atom. The number of thiazole rings is 1. The first kappa shape index (κ1) is 37.0. The fourth-order valence-electron chi connectivity index (χ4n) is 5.83. The zero-order valence-corrected chi connectivity index (χ0v) is 28.0. The molecule has 0 aliphatic carbocycles.